The molecule has 1 aliphatic heterocycles. The molecule has 0 amide bonds. The Morgan fingerprint density at radius 3 is 1.92 bits per heavy atom. The van der Waals surface area contributed by atoms with Gasteiger partial charge in [0.25, 0.3) is 15.7 Å². The van der Waals surface area contributed by atoms with Gasteiger partial charge < -0.3 is 4.90 Å². The molecule has 1 heterocycles. The molecule has 3 aromatic carbocycles. The van der Waals surface area contributed by atoms with Crippen molar-refractivity contribution >= 4 is 60.3 Å². The molecule has 190 valence electrons. The summed E-state index contributed by atoms with van der Waals surface area (Å²) in [6, 6.07) is 15.4. The van der Waals surface area contributed by atoms with Crippen molar-refractivity contribution in [3.05, 3.63) is 86.9 Å². The first-order valence-electron chi connectivity index (χ1n) is 10.5. The number of nitrogens with one attached hydrogen (secondary N) is 1. The number of nitro benzene ring substituents is 1. The highest BCUT2D eigenvalue weighted by Gasteiger charge is 2.31. The van der Waals surface area contributed by atoms with Crippen LogP contribution in [0.1, 0.15) is 0 Å². The Bertz CT molecular complexity index is 1490. The maximum atomic E-state index is 13.3. The molecule has 0 bridgehead atoms. The SMILES string of the molecule is O=[N+]([O-])c1ccc(N2CCN(S(=O)(=O)c3ccc(Cl)cc3)CC2)c(S(=O)(=O)Nc2ccc(Cl)cc2)c1. The van der Waals surface area contributed by atoms with Crippen LogP contribution in [0.2, 0.25) is 10.0 Å². The van der Waals surface area contributed by atoms with Crippen LogP contribution in [0, 0.1) is 10.1 Å². The first kappa shape index (κ1) is 26.2. The number of sulfonamides is 2. The molecule has 36 heavy (non-hydrogen) atoms. The summed E-state index contributed by atoms with van der Waals surface area (Å²) in [4.78, 5) is 12.2. The molecule has 0 aromatic heterocycles. The lowest BCUT2D eigenvalue weighted by atomic mass is 10.2. The minimum atomic E-state index is -4.23. The standard InChI is InChI=1S/C22H20Cl2N4O6S2/c23-16-1-5-18(6-2-16)25-35(31,32)22-15-19(28(29)30)7-10-21(22)26-11-13-27(14-12-26)36(33,34)20-8-3-17(24)4-9-20/h1-10,15,25H,11-14H2. The lowest BCUT2D eigenvalue weighted by molar-refractivity contribution is -0.385. The fourth-order valence-electron chi connectivity index (χ4n) is 3.75. The molecule has 14 heteroatoms. The van der Waals surface area contributed by atoms with E-state index in [-0.39, 0.29) is 53.0 Å². The van der Waals surface area contributed by atoms with Crippen molar-refractivity contribution in [2.45, 2.75) is 9.79 Å². The molecule has 0 atom stereocenters. The fourth-order valence-corrected chi connectivity index (χ4v) is 6.72. The number of nitrogens with zero attached hydrogens (tertiary/aromatic N) is 3. The van der Waals surface area contributed by atoms with Crippen LogP contribution >= 0.6 is 23.2 Å². The molecular formula is C22H20Cl2N4O6S2. The molecule has 10 nitrogen and oxygen atoms in total. The third-order valence-electron chi connectivity index (χ3n) is 5.57. The molecule has 0 radical (unpaired) electrons. The fraction of sp³-hybridized carbons (Fsp3) is 0.182. The van der Waals surface area contributed by atoms with Gasteiger partial charge in [-0.25, -0.2) is 16.8 Å². The number of hydrogen-bond donors (Lipinski definition) is 1. The van der Waals surface area contributed by atoms with Gasteiger partial charge in [-0.15, -0.1) is 0 Å². The lowest BCUT2D eigenvalue weighted by Gasteiger charge is -2.36. The Labute approximate surface area is 218 Å². The normalized spacial score (nSPS) is 15.0. The van der Waals surface area contributed by atoms with Crippen LogP contribution in [0.5, 0.6) is 0 Å². The Morgan fingerprint density at radius 2 is 1.36 bits per heavy atom. The summed E-state index contributed by atoms with van der Waals surface area (Å²) in [5, 5.41) is 12.2. The number of rotatable bonds is 7. The first-order chi connectivity index (χ1) is 17.0. The van der Waals surface area contributed by atoms with Crippen LogP contribution < -0.4 is 9.62 Å². The quantitative estimate of drug-likeness (QED) is 0.332. The monoisotopic (exact) mass is 570 g/mol. The van der Waals surface area contributed by atoms with E-state index in [0.717, 1.165) is 6.07 Å². The zero-order chi connectivity index (χ0) is 26.1. The summed E-state index contributed by atoms with van der Waals surface area (Å²) < 4.78 is 56.2. The number of anilines is 2. The summed E-state index contributed by atoms with van der Waals surface area (Å²) >= 11 is 11.7. The lowest BCUT2D eigenvalue weighted by Crippen LogP contribution is -2.49. The van der Waals surface area contributed by atoms with Crippen molar-refractivity contribution in [2.75, 3.05) is 35.8 Å². The van der Waals surface area contributed by atoms with E-state index < -0.39 is 25.0 Å². The van der Waals surface area contributed by atoms with Gasteiger partial charge in [-0.1, -0.05) is 23.2 Å². The average Bonchev–Trinajstić information content (AvgIpc) is 2.85. The van der Waals surface area contributed by atoms with Crippen molar-refractivity contribution in [2.24, 2.45) is 0 Å². The van der Waals surface area contributed by atoms with Crippen LogP contribution in [-0.2, 0) is 20.0 Å². The van der Waals surface area contributed by atoms with E-state index in [0.29, 0.717) is 10.0 Å². The van der Waals surface area contributed by atoms with Gasteiger partial charge >= 0.3 is 0 Å². The van der Waals surface area contributed by atoms with Gasteiger partial charge in [0.05, 0.1) is 15.5 Å². The minimum absolute atomic E-state index is 0.0893. The topological polar surface area (TPSA) is 130 Å². The summed E-state index contributed by atoms with van der Waals surface area (Å²) in [6.45, 7) is 0.528. The molecule has 0 aliphatic carbocycles. The van der Waals surface area contributed by atoms with Crippen molar-refractivity contribution in [1.29, 1.82) is 0 Å². The number of nitro groups is 1. The smallest absolute Gasteiger partial charge is 0.270 e. The zero-order valence-electron chi connectivity index (χ0n) is 18.5. The maximum Gasteiger partial charge on any atom is 0.270 e. The molecule has 3 aromatic rings. The van der Waals surface area contributed by atoms with Crippen molar-refractivity contribution < 1.29 is 21.8 Å². The van der Waals surface area contributed by atoms with E-state index >= 15 is 0 Å². The Balaban J connectivity index is 1.61. The Morgan fingerprint density at radius 1 is 0.806 bits per heavy atom. The molecule has 1 aliphatic rings. The second-order valence-electron chi connectivity index (χ2n) is 7.87. The van der Waals surface area contributed by atoms with Crippen molar-refractivity contribution in [1.82, 2.24) is 4.31 Å². The number of non-ortho nitro benzene ring substituents is 1. The Hall–Kier alpha value is -2.90. The van der Waals surface area contributed by atoms with Gasteiger partial charge in [0.2, 0.25) is 10.0 Å². The van der Waals surface area contributed by atoms with E-state index in [4.69, 9.17) is 23.2 Å². The highest BCUT2D eigenvalue weighted by atomic mass is 35.5. The molecule has 4 rings (SSSR count). The van der Waals surface area contributed by atoms with Crippen LogP contribution in [0.3, 0.4) is 0 Å². The van der Waals surface area contributed by atoms with E-state index in [1.807, 2.05) is 0 Å². The summed E-state index contributed by atoms with van der Waals surface area (Å²) in [6.07, 6.45) is 0. The summed E-state index contributed by atoms with van der Waals surface area (Å²) in [5.74, 6) is 0. The van der Waals surface area contributed by atoms with Crippen LogP contribution in [-0.4, -0.2) is 52.2 Å². The van der Waals surface area contributed by atoms with Crippen molar-refractivity contribution in [3.8, 4) is 0 Å². The summed E-state index contributed by atoms with van der Waals surface area (Å²) in [7, 11) is -8.00. The molecule has 1 saturated heterocycles. The number of benzene rings is 3. The molecule has 1 N–H and O–H groups in total. The third-order valence-corrected chi connectivity index (χ3v) is 9.40. The largest absolute Gasteiger partial charge is 0.368 e. The third kappa shape index (κ3) is 5.57. The predicted octanol–water partition coefficient (Wildman–Crippen LogP) is 4.21. The number of hydrogen-bond acceptors (Lipinski definition) is 7. The maximum absolute atomic E-state index is 13.3. The molecule has 0 saturated carbocycles. The molecular weight excluding hydrogens is 551 g/mol. The highest BCUT2D eigenvalue weighted by molar-refractivity contribution is 7.93. The van der Waals surface area contributed by atoms with Gasteiger partial charge in [-0.3, -0.25) is 14.8 Å². The van der Waals surface area contributed by atoms with Gasteiger partial charge in [-0.2, -0.15) is 4.31 Å². The van der Waals surface area contributed by atoms with Crippen LogP contribution in [0.4, 0.5) is 17.1 Å². The van der Waals surface area contributed by atoms with Gasteiger partial charge in [0, 0.05) is 54.0 Å². The zero-order valence-corrected chi connectivity index (χ0v) is 21.7. The predicted molar refractivity (Wildman–Crippen MR) is 138 cm³/mol. The number of piperazine rings is 1. The molecule has 0 spiro atoms. The van der Waals surface area contributed by atoms with Gasteiger partial charge in [-0.05, 0) is 54.6 Å². The van der Waals surface area contributed by atoms with Gasteiger partial charge in [0.15, 0.2) is 0 Å². The van der Waals surface area contributed by atoms with Crippen molar-refractivity contribution in [3.63, 3.8) is 0 Å². The van der Waals surface area contributed by atoms with E-state index in [1.54, 1.807) is 4.90 Å². The number of halogens is 2. The molecule has 0 unspecified atom stereocenters. The van der Waals surface area contributed by atoms with E-state index in [9.17, 15) is 26.9 Å². The van der Waals surface area contributed by atoms with Crippen LogP contribution in [0.15, 0.2) is 76.5 Å². The summed E-state index contributed by atoms with van der Waals surface area (Å²) in [5.41, 5.74) is 0.0699. The molecule has 1 fully saturated rings. The van der Waals surface area contributed by atoms with E-state index in [1.165, 1.54) is 65.0 Å². The van der Waals surface area contributed by atoms with E-state index in [2.05, 4.69) is 4.72 Å². The first-order valence-corrected chi connectivity index (χ1v) is 14.2. The second-order valence-corrected chi connectivity index (χ2v) is 12.3. The average molecular weight is 571 g/mol. The minimum Gasteiger partial charge on any atom is -0.368 e. The van der Waals surface area contributed by atoms with Gasteiger partial charge in [0.1, 0.15) is 4.90 Å². The van der Waals surface area contributed by atoms with Crippen LogP contribution in [0.25, 0.3) is 0 Å². The highest BCUT2D eigenvalue weighted by Crippen LogP contribution is 2.32. The second kappa shape index (κ2) is 10.2. The Kier molecular flexibility index (Phi) is 7.43.